The van der Waals surface area contributed by atoms with Gasteiger partial charge in [0.15, 0.2) is 0 Å². The van der Waals surface area contributed by atoms with Crippen molar-refractivity contribution >= 4 is 28.5 Å². The van der Waals surface area contributed by atoms with Crippen LogP contribution in [0.5, 0.6) is 0 Å². The van der Waals surface area contributed by atoms with Crippen molar-refractivity contribution in [3.8, 4) is 0 Å². The van der Waals surface area contributed by atoms with E-state index in [0.717, 1.165) is 23.0 Å². The van der Waals surface area contributed by atoms with E-state index in [-0.39, 0.29) is 5.91 Å². The molecule has 2 aromatic carbocycles. The van der Waals surface area contributed by atoms with E-state index in [4.69, 9.17) is 11.6 Å². The highest BCUT2D eigenvalue weighted by molar-refractivity contribution is 6.30. The van der Waals surface area contributed by atoms with Gasteiger partial charge in [-0.3, -0.25) is 4.79 Å². The lowest BCUT2D eigenvalue weighted by Crippen LogP contribution is -2.27. The number of nitrogens with zero attached hydrogens (tertiary/aromatic N) is 2. The molecule has 0 atom stereocenters. The summed E-state index contributed by atoms with van der Waals surface area (Å²) >= 11 is 5.92. The topological polar surface area (TPSA) is 46.9 Å². The summed E-state index contributed by atoms with van der Waals surface area (Å²) < 4.78 is 1.99. The summed E-state index contributed by atoms with van der Waals surface area (Å²) in [7, 11) is 1.98. The lowest BCUT2D eigenvalue weighted by molar-refractivity contribution is -0.120. The number of aromatic nitrogens is 2. The molecule has 23 heavy (non-hydrogen) atoms. The zero-order chi connectivity index (χ0) is 16.2. The van der Waals surface area contributed by atoms with Gasteiger partial charge in [-0.15, -0.1) is 0 Å². The summed E-state index contributed by atoms with van der Waals surface area (Å²) in [4.78, 5) is 16.3. The van der Waals surface area contributed by atoms with Crippen molar-refractivity contribution in [2.75, 3.05) is 6.54 Å². The Morgan fingerprint density at radius 1 is 1.22 bits per heavy atom. The summed E-state index contributed by atoms with van der Waals surface area (Å²) in [5.41, 5.74) is 4.18. The summed E-state index contributed by atoms with van der Waals surface area (Å²) in [6.07, 6.45) is 2.94. The van der Waals surface area contributed by atoms with Crippen LogP contribution in [0.15, 0.2) is 48.8 Å². The van der Waals surface area contributed by atoms with Crippen LogP contribution in [0.4, 0.5) is 0 Å². The van der Waals surface area contributed by atoms with Gasteiger partial charge in [0.25, 0.3) is 0 Å². The molecule has 0 saturated heterocycles. The van der Waals surface area contributed by atoms with Gasteiger partial charge in [0.1, 0.15) is 0 Å². The number of aryl methyl sites for hydroxylation is 1. The number of imidazole rings is 1. The van der Waals surface area contributed by atoms with Crippen LogP contribution in [0.25, 0.3) is 11.0 Å². The van der Waals surface area contributed by atoms with Crippen molar-refractivity contribution in [2.45, 2.75) is 12.8 Å². The predicted octanol–water partition coefficient (Wildman–Crippen LogP) is 3.13. The Labute approximate surface area is 140 Å². The van der Waals surface area contributed by atoms with Crippen LogP contribution in [0.2, 0.25) is 5.02 Å². The minimum absolute atomic E-state index is 0.00572. The van der Waals surface area contributed by atoms with Gasteiger partial charge in [0.2, 0.25) is 5.91 Å². The average molecular weight is 328 g/mol. The second kappa shape index (κ2) is 6.84. The number of amides is 1. The zero-order valence-electron chi connectivity index (χ0n) is 12.9. The maximum atomic E-state index is 12.0. The van der Waals surface area contributed by atoms with Crippen molar-refractivity contribution in [1.29, 1.82) is 0 Å². The SMILES string of the molecule is Cn1cnc2cc(CCNC(=O)Cc3cccc(Cl)c3)ccc21. The number of hydrogen-bond donors (Lipinski definition) is 1. The number of carbonyl (C=O) groups is 1. The molecule has 1 aromatic heterocycles. The van der Waals surface area contributed by atoms with Crippen molar-refractivity contribution in [2.24, 2.45) is 7.05 Å². The third-order valence-corrected chi connectivity index (χ3v) is 4.01. The third kappa shape index (κ3) is 3.90. The van der Waals surface area contributed by atoms with Crippen molar-refractivity contribution < 1.29 is 4.79 Å². The van der Waals surface area contributed by atoms with Gasteiger partial charge in [-0.1, -0.05) is 29.8 Å². The smallest absolute Gasteiger partial charge is 0.224 e. The van der Waals surface area contributed by atoms with Gasteiger partial charge in [-0.25, -0.2) is 4.98 Å². The Morgan fingerprint density at radius 2 is 2.09 bits per heavy atom. The molecule has 3 aromatic rings. The molecular weight excluding hydrogens is 310 g/mol. The Hall–Kier alpha value is -2.33. The van der Waals surface area contributed by atoms with Gasteiger partial charge in [-0.05, 0) is 41.8 Å². The second-order valence-corrected chi connectivity index (χ2v) is 6.02. The van der Waals surface area contributed by atoms with Gasteiger partial charge >= 0.3 is 0 Å². The van der Waals surface area contributed by atoms with Crippen LogP contribution < -0.4 is 5.32 Å². The fourth-order valence-electron chi connectivity index (χ4n) is 2.58. The Bertz CT molecular complexity index is 841. The molecule has 1 N–H and O–H groups in total. The highest BCUT2D eigenvalue weighted by Gasteiger charge is 2.05. The van der Waals surface area contributed by atoms with Crippen LogP contribution >= 0.6 is 11.6 Å². The lowest BCUT2D eigenvalue weighted by atomic mass is 10.1. The molecule has 0 saturated carbocycles. The summed E-state index contributed by atoms with van der Waals surface area (Å²) in [5.74, 6) is 0.00572. The standard InChI is InChI=1S/C18H18ClN3O/c1-22-12-21-16-10-13(5-6-17(16)22)7-8-20-18(23)11-14-3-2-4-15(19)9-14/h2-6,9-10,12H,7-8,11H2,1H3,(H,20,23). The molecule has 0 bridgehead atoms. The highest BCUT2D eigenvalue weighted by atomic mass is 35.5. The maximum Gasteiger partial charge on any atom is 0.224 e. The lowest BCUT2D eigenvalue weighted by Gasteiger charge is -2.06. The number of nitrogens with one attached hydrogen (secondary N) is 1. The van der Waals surface area contributed by atoms with Crippen molar-refractivity contribution in [3.05, 3.63) is 64.9 Å². The monoisotopic (exact) mass is 327 g/mol. The normalized spacial score (nSPS) is 10.9. The first-order valence-corrected chi connectivity index (χ1v) is 7.91. The third-order valence-electron chi connectivity index (χ3n) is 3.78. The maximum absolute atomic E-state index is 12.0. The van der Waals surface area contributed by atoms with Gasteiger partial charge in [-0.2, -0.15) is 0 Å². The van der Waals surface area contributed by atoms with Crippen LogP contribution in [0.3, 0.4) is 0 Å². The number of halogens is 1. The zero-order valence-corrected chi connectivity index (χ0v) is 13.7. The number of carbonyl (C=O) groups excluding carboxylic acids is 1. The predicted molar refractivity (Wildman–Crippen MR) is 92.6 cm³/mol. The molecular formula is C18H18ClN3O. The second-order valence-electron chi connectivity index (χ2n) is 5.59. The van der Waals surface area contributed by atoms with Crippen LogP contribution in [-0.2, 0) is 24.7 Å². The van der Waals surface area contributed by atoms with Gasteiger partial charge in [0, 0.05) is 18.6 Å². The van der Waals surface area contributed by atoms with Crippen molar-refractivity contribution in [3.63, 3.8) is 0 Å². The van der Waals surface area contributed by atoms with E-state index in [0.29, 0.717) is 18.0 Å². The molecule has 1 heterocycles. The summed E-state index contributed by atoms with van der Waals surface area (Å²) in [6.45, 7) is 0.609. The fraction of sp³-hybridized carbons (Fsp3) is 0.222. The highest BCUT2D eigenvalue weighted by Crippen LogP contribution is 2.14. The molecule has 0 radical (unpaired) electrons. The largest absolute Gasteiger partial charge is 0.355 e. The Balaban J connectivity index is 1.52. The van der Waals surface area contributed by atoms with E-state index in [2.05, 4.69) is 28.5 Å². The molecule has 0 aliphatic rings. The first-order chi connectivity index (χ1) is 11.1. The van der Waals surface area contributed by atoms with E-state index in [1.54, 1.807) is 12.4 Å². The molecule has 0 spiro atoms. The van der Waals surface area contributed by atoms with E-state index in [9.17, 15) is 4.79 Å². The molecule has 0 aliphatic heterocycles. The molecule has 0 unspecified atom stereocenters. The molecule has 118 valence electrons. The molecule has 5 heteroatoms. The number of rotatable bonds is 5. The molecule has 1 amide bonds. The van der Waals surface area contributed by atoms with Crippen molar-refractivity contribution in [1.82, 2.24) is 14.9 Å². The van der Waals surface area contributed by atoms with E-state index >= 15 is 0 Å². The quantitative estimate of drug-likeness (QED) is 0.782. The Morgan fingerprint density at radius 3 is 2.91 bits per heavy atom. The molecule has 0 aliphatic carbocycles. The number of hydrogen-bond acceptors (Lipinski definition) is 2. The van der Waals surface area contributed by atoms with E-state index in [1.165, 1.54) is 5.56 Å². The minimum Gasteiger partial charge on any atom is -0.355 e. The first-order valence-electron chi connectivity index (χ1n) is 7.53. The fourth-order valence-corrected chi connectivity index (χ4v) is 2.79. The number of benzene rings is 2. The molecule has 4 nitrogen and oxygen atoms in total. The Kier molecular flexibility index (Phi) is 4.63. The summed E-state index contributed by atoms with van der Waals surface area (Å²) in [6, 6.07) is 13.6. The molecule has 0 fully saturated rings. The van der Waals surface area contributed by atoms with Crippen LogP contribution in [0, 0.1) is 0 Å². The number of fused-ring (bicyclic) bond motifs is 1. The summed E-state index contributed by atoms with van der Waals surface area (Å²) in [5, 5.41) is 3.60. The molecule has 3 rings (SSSR count). The average Bonchev–Trinajstić information content (AvgIpc) is 2.88. The van der Waals surface area contributed by atoms with E-state index in [1.807, 2.05) is 29.8 Å². The van der Waals surface area contributed by atoms with Crippen LogP contribution in [-0.4, -0.2) is 22.0 Å². The first kappa shape index (κ1) is 15.6. The van der Waals surface area contributed by atoms with E-state index < -0.39 is 0 Å². The van der Waals surface area contributed by atoms with Gasteiger partial charge < -0.3 is 9.88 Å². The minimum atomic E-state index is 0.00572. The van der Waals surface area contributed by atoms with Gasteiger partial charge in [0.05, 0.1) is 23.8 Å². The van der Waals surface area contributed by atoms with Crippen LogP contribution in [0.1, 0.15) is 11.1 Å².